The molecule has 2 aliphatic rings. The average Bonchev–Trinajstić information content (AvgIpc) is 3.12. The van der Waals surface area contributed by atoms with E-state index in [-0.39, 0.29) is 0 Å². The highest BCUT2D eigenvalue weighted by molar-refractivity contribution is 14.1. The summed E-state index contributed by atoms with van der Waals surface area (Å²) in [5.74, 6) is -0.971. The second-order valence-corrected chi connectivity index (χ2v) is 5.84. The SMILES string of the molecule is CC(=O)OC1C(C)OC2OC(c3ccccc3)OC2C1OC(C)=O.CI.CI. The first-order valence-electron chi connectivity index (χ1n) is 8.57. The van der Waals surface area contributed by atoms with Crippen molar-refractivity contribution in [2.75, 3.05) is 9.86 Å². The highest BCUT2D eigenvalue weighted by Gasteiger charge is 2.54. The standard InChI is InChI=1S/C17H20O7.2CH3I/c1-9-13(21-10(2)18)14(22-11(3)19)15-17(20-9)24-16(23-15)12-7-5-4-6-8-12;2*1-2/h4-9,13-17H,1-3H3;2*1H3. The van der Waals surface area contributed by atoms with Gasteiger partial charge in [0.15, 0.2) is 30.9 Å². The molecule has 0 radical (unpaired) electrons. The molecule has 2 saturated heterocycles. The predicted octanol–water partition coefficient (Wildman–Crippen LogP) is 3.81. The second-order valence-electron chi connectivity index (χ2n) is 5.84. The minimum Gasteiger partial charge on any atom is -0.456 e. The Morgan fingerprint density at radius 3 is 1.93 bits per heavy atom. The summed E-state index contributed by atoms with van der Waals surface area (Å²) in [4.78, 5) is 26.8. The van der Waals surface area contributed by atoms with E-state index >= 15 is 0 Å². The summed E-state index contributed by atoms with van der Waals surface area (Å²) in [7, 11) is 0. The Morgan fingerprint density at radius 2 is 1.39 bits per heavy atom. The van der Waals surface area contributed by atoms with Gasteiger partial charge in [0.05, 0.1) is 6.10 Å². The van der Waals surface area contributed by atoms with Crippen LogP contribution < -0.4 is 0 Å². The van der Waals surface area contributed by atoms with Crippen molar-refractivity contribution in [1.29, 1.82) is 0 Å². The van der Waals surface area contributed by atoms with Gasteiger partial charge in [-0.15, -0.1) is 0 Å². The molecule has 158 valence electrons. The van der Waals surface area contributed by atoms with Gasteiger partial charge in [0, 0.05) is 19.4 Å². The van der Waals surface area contributed by atoms with E-state index in [1.807, 2.05) is 40.2 Å². The van der Waals surface area contributed by atoms with Gasteiger partial charge in [-0.2, -0.15) is 0 Å². The van der Waals surface area contributed by atoms with Crippen molar-refractivity contribution in [1.82, 2.24) is 0 Å². The smallest absolute Gasteiger partial charge is 0.303 e. The Bertz CT molecular complexity index is 614. The molecule has 3 rings (SSSR count). The van der Waals surface area contributed by atoms with Crippen molar-refractivity contribution in [3.63, 3.8) is 0 Å². The lowest BCUT2D eigenvalue weighted by molar-refractivity contribution is -0.253. The lowest BCUT2D eigenvalue weighted by Gasteiger charge is -2.39. The second kappa shape index (κ2) is 12.9. The van der Waals surface area contributed by atoms with Crippen LogP contribution in [0.4, 0.5) is 0 Å². The van der Waals surface area contributed by atoms with Gasteiger partial charge in [0.25, 0.3) is 0 Å². The Balaban J connectivity index is 0.000000921. The topological polar surface area (TPSA) is 80.3 Å². The largest absolute Gasteiger partial charge is 0.456 e. The number of hydrogen-bond donors (Lipinski definition) is 0. The van der Waals surface area contributed by atoms with E-state index in [0.717, 1.165) is 5.56 Å². The molecule has 0 saturated carbocycles. The number of alkyl halides is 2. The Labute approximate surface area is 193 Å². The molecule has 0 aliphatic carbocycles. The van der Waals surface area contributed by atoms with Gasteiger partial charge in [-0.3, -0.25) is 9.59 Å². The molecule has 2 aliphatic heterocycles. The molecule has 9 heteroatoms. The molecule has 0 spiro atoms. The molecule has 0 bridgehead atoms. The first-order chi connectivity index (χ1) is 13.5. The van der Waals surface area contributed by atoms with Crippen LogP contribution in [0.2, 0.25) is 0 Å². The Hall–Kier alpha value is -0.500. The molecule has 1 aromatic carbocycles. The molecule has 6 atom stereocenters. The number of rotatable bonds is 3. The quantitative estimate of drug-likeness (QED) is 0.289. The zero-order chi connectivity index (χ0) is 21.3. The summed E-state index contributed by atoms with van der Waals surface area (Å²) < 4.78 is 28.2. The van der Waals surface area contributed by atoms with Gasteiger partial charge in [0.1, 0.15) is 0 Å². The van der Waals surface area contributed by atoms with E-state index in [0.29, 0.717) is 0 Å². The number of carbonyl (C=O) groups is 2. The van der Waals surface area contributed by atoms with Crippen molar-refractivity contribution < 1.29 is 33.3 Å². The third kappa shape index (κ3) is 6.78. The normalized spacial score (nSPS) is 30.5. The molecule has 7 nitrogen and oxygen atoms in total. The molecule has 2 heterocycles. The minimum absolute atomic E-state index is 0.482. The summed E-state index contributed by atoms with van der Waals surface area (Å²) in [5, 5.41) is 0. The fourth-order valence-electron chi connectivity index (χ4n) is 2.97. The van der Waals surface area contributed by atoms with E-state index in [9.17, 15) is 9.59 Å². The van der Waals surface area contributed by atoms with Crippen LogP contribution in [0.15, 0.2) is 30.3 Å². The first kappa shape index (κ1) is 25.5. The predicted molar refractivity (Wildman–Crippen MR) is 120 cm³/mol. The van der Waals surface area contributed by atoms with Crippen molar-refractivity contribution >= 4 is 57.1 Å². The molecule has 6 unspecified atom stereocenters. The highest BCUT2D eigenvalue weighted by atomic mass is 127. The van der Waals surface area contributed by atoms with E-state index in [4.69, 9.17) is 23.7 Å². The number of fused-ring (bicyclic) bond motifs is 1. The summed E-state index contributed by atoms with van der Waals surface area (Å²) in [6.07, 6.45) is -4.08. The Kier molecular flexibility index (Phi) is 11.8. The van der Waals surface area contributed by atoms with Crippen LogP contribution in [-0.2, 0) is 33.3 Å². The molecular weight excluding hydrogens is 594 g/mol. The van der Waals surface area contributed by atoms with Crippen LogP contribution in [0.5, 0.6) is 0 Å². The van der Waals surface area contributed by atoms with Crippen LogP contribution >= 0.6 is 45.2 Å². The fraction of sp³-hybridized carbons (Fsp3) is 0.579. The zero-order valence-corrected chi connectivity index (χ0v) is 20.8. The third-order valence-electron chi connectivity index (χ3n) is 3.94. The summed E-state index contributed by atoms with van der Waals surface area (Å²) in [5.41, 5.74) is 0.828. The molecule has 0 amide bonds. The van der Waals surface area contributed by atoms with E-state index < -0.39 is 48.9 Å². The molecular formula is C19H26I2O7. The average molecular weight is 620 g/mol. The third-order valence-corrected chi connectivity index (χ3v) is 3.94. The van der Waals surface area contributed by atoms with E-state index in [1.165, 1.54) is 13.8 Å². The first-order valence-corrected chi connectivity index (χ1v) is 12.9. The molecule has 28 heavy (non-hydrogen) atoms. The van der Waals surface area contributed by atoms with Gasteiger partial charge in [-0.25, -0.2) is 0 Å². The zero-order valence-electron chi connectivity index (χ0n) is 16.5. The van der Waals surface area contributed by atoms with Crippen LogP contribution in [0.25, 0.3) is 0 Å². The molecule has 0 aromatic heterocycles. The highest BCUT2D eigenvalue weighted by Crippen LogP contribution is 2.39. The van der Waals surface area contributed by atoms with Gasteiger partial charge in [-0.1, -0.05) is 75.5 Å². The fourth-order valence-corrected chi connectivity index (χ4v) is 2.97. The van der Waals surface area contributed by atoms with E-state index in [2.05, 4.69) is 45.2 Å². The lowest BCUT2D eigenvalue weighted by atomic mass is 9.99. The molecule has 1 aromatic rings. The summed E-state index contributed by atoms with van der Waals surface area (Å²) >= 11 is 4.30. The maximum absolute atomic E-state index is 11.5. The lowest BCUT2D eigenvalue weighted by Crippen LogP contribution is -2.58. The Morgan fingerprint density at radius 1 is 0.857 bits per heavy atom. The number of halogens is 2. The van der Waals surface area contributed by atoms with Crippen LogP contribution in [0.1, 0.15) is 32.6 Å². The van der Waals surface area contributed by atoms with Gasteiger partial charge in [0.2, 0.25) is 0 Å². The summed E-state index contributed by atoms with van der Waals surface area (Å²) in [6.45, 7) is 4.33. The van der Waals surface area contributed by atoms with Gasteiger partial charge < -0.3 is 23.7 Å². The van der Waals surface area contributed by atoms with Gasteiger partial charge in [-0.05, 0) is 16.8 Å². The molecule has 2 fully saturated rings. The van der Waals surface area contributed by atoms with Crippen molar-refractivity contribution in [3.8, 4) is 0 Å². The van der Waals surface area contributed by atoms with Crippen LogP contribution in [0.3, 0.4) is 0 Å². The number of hydrogen-bond acceptors (Lipinski definition) is 7. The maximum Gasteiger partial charge on any atom is 0.303 e. The van der Waals surface area contributed by atoms with E-state index in [1.54, 1.807) is 6.92 Å². The van der Waals surface area contributed by atoms with Crippen molar-refractivity contribution in [2.24, 2.45) is 0 Å². The summed E-state index contributed by atoms with van der Waals surface area (Å²) in [6, 6.07) is 9.38. The number of benzene rings is 1. The monoisotopic (exact) mass is 620 g/mol. The van der Waals surface area contributed by atoms with Crippen LogP contribution in [0, 0.1) is 0 Å². The van der Waals surface area contributed by atoms with Crippen molar-refractivity contribution in [2.45, 2.75) is 57.8 Å². The number of esters is 2. The minimum atomic E-state index is -0.797. The van der Waals surface area contributed by atoms with Crippen LogP contribution in [-0.4, -0.2) is 52.5 Å². The number of carbonyl (C=O) groups excluding carboxylic acids is 2. The maximum atomic E-state index is 11.5. The van der Waals surface area contributed by atoms with Crippen molar-refractivity contribution in [3.05, 3.63) is 35.9 Å². The molecule has 0 N–H and O–H groups in total. The van der Waals surface area contributed by atoms with Gasteiger partial charge >= 0.3 is 11.9 Å². The number of ether oxygens (including phenoxy) is 5.